The van der Waals surface area contributed by atoms with Gasteiger partial charge in [0.1, 0.15) is 0 Å². The molecule has 18 heavy (non-hydrogen) atoms. The smallest absolute Gasteiger partial charge is 0.0349 e. The third-order valence-electron chi connectivity index (χ3n) is 3.81. The third kappa shape index (κ3) is 1.58. The molecule has 0 bridgehead atoms. The van der Waals surface area contributed by atoms with Gasteiger partial charge in [0, 0.05) is 18.0 Å². The number of hydrogen-bond donors (Lipinski definition) is 0. The van der Waals surface area contributed by atoms with E-state index in [0.717, 1.165) is 6.42 Å². The molecule has 2 aromatic rings. The van der Waals surface area contributed by atoms with Gasteiger partial charge in [-0.3, -0.25) is 4.98 Å². The van der Waals surface area contributed by atoms with Crippen LogP contribution in [0.15, 0.2) is 30.6 Å². The van der Waals surface area contributed by atoms with Gasteiger partial charge in [-0.25, -0.2) is 0 Å². The van der Waals surface area contributed by atoms with Crippen LogP contribution in [0.5, 0.6) is 0 Å². The van der Waals surface area contributed by atoms with Crippen LogP contribution in [0.2, 0.25) is 0 Å². The molecule has 0 radical (unpaired) electrons. The van der Waals surface area contributed by atoms with Crippen molar-refractivity contribution in [3.05, 3.63) is 52.8 Å². The fourth-order valence-electron chi connectivity index (χ4n) is 3.18. The van der Waals surface area contributed by atoms with Gasteiger partial charge in [0.25, 0.3) is 0 Å². The van der Waals surface area contributed by atoms with Crippen LogP contribution < -0.4 is 0 Å². The lowest BCUT2D eigenvalue weighted by Crippen LogP contribution is -2.15. The summed E-state index contributed by atoms with van der Waals surface area (Å²) < 4.78 is 0. The Balaban J connectivity index is 2.36. The van der Waals surface area contributed by atoms with E-state index >= 15 is 0 Å². The molecule has 1 aliphatic rings. The van der Waals surface area contributed by atoms with E-state index in [9.17, 15) is 0 Å². The zero-order valence-corrected chi connectivity index (χ0v) is 11.5. The van der Waals surface area contributed by atoms with Gasteiger partial charge in [-0.15, -0.1) is 0 Å². The molecule has 0 fully saturated rings. The van der Waals surface area contributed by atoms with Gasteiger partial charge in [-0.2, -0.15) is 0 Å². The quantitative estimate of drug-likeness (QED) is 0.569. The van der Waals surface area contributed by atoms with Gasteiger partial charge < -0.3 is 0 Å². The second-order valence-electron chi connectivity index (χ2n) is 6.25. The highest BCUT2D eigenvalue weighted by Crippen LogP contribution is 2.43. The molecule has 1 aromatic heterocycles. The normalized spacial score (nSPS) is 13.3. The van der Waals surface area contributed by atoms with Gasteiger partial charge >= 0.3 is 0 Å². The van der Waals surface area contributed by atoms with Crippen LogP contribution in [0.4, 0.5) is 0 Å². The fraction of sp³-hybridized carbons (Fsp3) is 0.353. The molecular formula is C17H19N. The Morgan fingerprint density at radius 2 is 1.83 bits per heavy atom. The summed E-state index contributed by atoms with van der Waals surface area (Å²) in [6.07, 6.45) is 4.97. The predicted molar refractivity (Wildman–Crippen MR) is 75.9 cm³/mol. The summed E-state index contributed by atoms with van der Waals surface area (Å²) in [6.45, 7) is 9.10. The molecular weight excluding hydrogens is 218 g/mol. The van der Waals surface area contributed by atoms with Crippen molar-refractivity contribution in [1.29, 1.82) is 0 Å². The summed E-state index contributed by atoms with van der Waals surface area (Å²) in [7, 11) is 0. The summed E-state index contributed by atoms with van der Waals surface area (Å²) >= 11 is 0. The van der Waals surface area contributed by atoms with Crippen LogP contribution in [0.3, 0.4) is 0 Å². The van der Waals surface area contributed by atoms with E-state index in [-0.39, 0.29) is 5.41 Å². The summed E-state index contributed by atoms with van der Waals surface area (Å²) in [5.74, 6) is 0. The maximum atomic E-state index is 4.31. The first-order valence-electron chi connectivity index (χ1n) is 6.54. The predicted octanol–water partition coefficient (Wildman–Crippen LogP) is 4.26. The minimum atomic E-state index is 0.173. The van der Waals surface area contributed by atoms with E-state index in [1.165, 1.54) is 33.4 Å². The molecule has 1 aliphatic carbocycles. The molecule has 1 heteroatoms. The number of fused-ring (bicyclic) bond motifs is 3. The molecule has 0 spiro atoms. The second-order valence-corrected chi connectivity index (χ2v) is 6.25. The number of rotatable bonds is 0. The zero-order chi connectivity index (χ0) is 12.9. The van der Waals surface area contributed by atoms with Crippen molar-refractivity contribution in [3.63, 3.8) is 0 Å². The Kier molecular flexibility index (Phi) is 2.34. The molecule has 1 heterocycles. The Bertz CT molecular complexity index is 618. The SMILES string of the molecule is Cc1ccc2c(c1C(C)(C)C)-c1cnccc1C2. The number of aryl methyl sites for hydroxylation is 1. The average molecular weight is 237 g/mol. The van der Waals surface area contributed by atoms with E-state index in [0.29, 0.717) is 0 Å². The van der Waals surface area contributed by atoms with Crippen LogP contribution in [0.1, 0.15) is 43.0 Å². The van der Waals surface area contributed by atoms with Crippen LogP contribution in [0.25, 0.3) is 11.1 Å². The molecule has 0 amide bonds. The van der Waals surface area contributed by atoms with Crippen LogP contribution >= 0.6 is 0 Å². The van der Waals surface area contributed by atoms with Gasteiger partial charge in [0.2, 0.25) is 0 Å². The van der Waals surface area contributed by atoms with Crippen molar-refractivity contribution >= 4 is 0 Å². The van der Waals surface area contributed by atoms with Crippen LogP contribution in [-0.2, 0) is 11.8 Å². The maximum absolute atomic E-state index is 4.31. The second kappa shape index (κ2) is 3.68. The van der Waals surface area contributed by atoms with Gasteiger partial charge in [-0.05, 0) is 52.6 Å². The Labute approximate surface area is 109 Å². The highest BCUT2D eigenvalue weighted by molar-refractivity contribution is 5.80. The Morgan fingerprint density at radius 1 is 1.06 bits per heavy atom. The van der Waals surface area contributed by atoms with E-state index in [1.54, 1.807) is 0 Å². The van der Waals surface area contributed by atoms with Gasteiger partial charge in [0.05, 0.1) is 0 Å². The number of pyridine rings is 1. The maximum Gasteiger partial charge on any atom is 0.0349 e. The summed E-state index contributed by atoms with van der Waals surface area (Å²) in [4.78, 5) is 4.31. The molecule has 0 saturated carbocycles. The average Bonchev–Trinajstić information content (AvgIpc) is 2.66. The first-order valence-corrected chi connectivity index (χ1v) is 6.54. The van der Waals surface area contributed by atoms with E-state index in [4.69, 9.17) is 0 Å². The van der Waals surface area contributed by atoms with Crippen LogP contribution in [-0.4, -0.2) is 4.98 Å². The molecule has 3 rings (SSSR count). The van der Waals surface area contributed by atoms with Crippen molar-refractivity contribution < 1.29 is 0 Å². The molecule has 0 atom stereocenters. The number of nitrogens with zero attached hydrogens (tertiary/aromatic N) is 1. The summed E-state index contributed by atoms with van der Waals surface area (Å²) in [5.41, 5.74) is 8.67. The van der Waals surface area contributed by atoms with Crippen molar-refractivity contribution in [1.82, 2.24) is 4.98 Å². The topological polar surface area (TPSA) is 12.9 Å². The largest absolute Gasteiger partial charge is 0.264 e. The van der Waals surface area contributed by atoms with Crippen molar-refractivity contribution in [2.45, 2.75) is 39.5 Å². The molecule has 92 valence electrons. The number of aromatic nitrogens is 1. The van der Waals surface area contributed by atoms with E-state index in [1.807, 2.05) is 12.4 Å². The standard InChI is InChI=1S/C17H19N/c1-11-5-6-13-9-12-7-8-18-10-14(12)15(13)16(11)17(2,3)4/h5-8,10H,9H2,1-4H3. The van der Waals surface area contributed by atoms with Crippen LogP contribution in [0, 0.1) is 6.92 Å². The summed E-state index contributed by atoms with van der Waals surface area (Å²) in [6, 6.07) is 6.69. The number of benzene rings is 1. The van der Waals surface area contributed by atoms with E-state index < -0.39 is 0 Å². The zero-order valence-electron chi connectivity index (χ0n) is 11.5. The van der Waals surface area contributed by atoms with Crippen molar-refractivity contribution in [2.75, 3.05) is 0 Å². The molecule has 0 N–H and O–H groups in total. The minimum absolute atomic E-state index is 0.173. The lowest BCUT2D eigenvalue weighted by Gasteiger charge is -2.25. The Hall–Kier alpha value is -1.63. The summed E-state index contributed by atoms with van der Waals surface area (Å²) in [5, 5.41) is 0. The van der Waals surface area contributed by atoms with E-state index in [2.05, 4.69) is 50.9 Å². The first kappa shape index (κ1) is 11.5. The third-order valence-corrected chi connectivity index (χ3v) is 3.81. The number of hydrogen-bond acceptors (Lipinski definition) is 1. The molecule has 0 aliphatic heterocycles. The monoisotopic (exact) mass is 237 g/mol. The van der Waals surface area contributed by atoms with Gasteiger partial charge in [-0.1, -0.05) is 32.9 Å². The lowest BCUT2D eigenvalue weighted by molar-refractivity contribution is 0.587. The highest BCUT2D eigenvalue weighted by Gasteiger charge is 2.28. The minimum Gasteiger partial charge on any atom is -0.264 e. The first-order chi connectivity index (χ1) is 8.48. The highest BCUT2D eigenvalue weighted by atomic mass is 14.6. The van der Waals surface area contributed by atoms with Gasteiger partial charge in [0.15, 0.2) is 0 Å². The Morgan fingerprint density at radius 3 is 2.56 bits per heavy atom. The lowest BCUT2D eigenvalue weighted by atomic mass is 9.79. The van der Waals surface area contributed by atoms with Crippen molar-refractivity contribution in [2.24, 2.45) is 0 Å². The molecule has 1 nitrogen and oxygen atoms in total. The van der Waals surface area contributed by atoms with Crippen molar-refractivity contribution in [3.8, 4) is 11.1 Å². The molecule has 0 saturated heterocycles. The molecule has 0 unspecified atom stereocenters. The fourth-order valence-corrected chi connectivity index (χ4v) is 3.18. The molecule has 1 aromatic carbocycles.